The van der Waals surface area contributed by atoms with Crippen molar-refractivity contribution >= 4 is 85.2 Å². The lowest BCUT2D eigenvalue weighted by Crippen LogP contribution is -2.36. The number of halogens is 4. The Morgan fingerprint density at radius 2 is 1.31 bits per heavy atom. The highest BCUT2D eigenvalue weighted by atomic mass is 35.5. The largest absolute Gasteiger partial charge is 0.283 e. The van der Waals surface area contributed by atoms with Crippen molar-refractivity contribution in [1.82, 2.24) is 5.43 Å². The first-order valence-electron chi connectivity index (χ1n) is 15.5. The summed E-state index contributed by atoms with van der Waals surface area (Å²) in [6.45, 7) is 2.25. The topological polar surface area (TPSA) is 90.9 Å². The van der Waals surface area contributed by atoms with E-state index in [9.17, 15) is 13.2 Å². The maximum absolute atomic E-state index is 12.7. The van der Waals surface area contributed by atoms with E-state index in [1.165, 1.54) is 87.4 Å². The number of amidine groups is 1. The molecule has 1 saturated heterocycles. The molecule has 1 heterocycles. The number of rotatable bonds is 19. The minimum Gasteiger partial charge on any atom is -0.283 e. The fraction of sp³-hybridized carbons (Fsp3) is 0.515. The minimum absolute atomic E-state index is 0.0468. The maximum atomic E-state index is 12.7. The van der Waals surface area contributed by atoms with Crippen molar-refractivity contribution in [1.29, 1.82) is 0 Å². The smallest absolute Gasteiger partial charge is 0.253 e. The van der Waals surface area contributed by atoms with Gasteiger partial charge >= 0.3 is 0 Å². The molecule has 7 nitrogen and oxygen atoms in total. The molecule has 0 aliphatic carbocycles. The SMILES string of the molecule is C#C.CCCCCCCCCCCCCCCCS(=O)(=O)Nc1ccc(Cl)c(N=C2CC(=O)N(c3c(Cl)cc(Cl)cc3Cl)N2)c1. The molecular formula is C33H44Cl4N4O3S. The number of benzene rings is 2. The van der Waals surface area contributed by atoms with Gasteiger partial charge in [-0.05, 0) is 36.8 Å². The molecule has 0 bridgehead atoms. The van der Waals surface area contributed by atoms with E-state index in [4.69, 9.17) is 46.4 Å². The quantitative estimate of drug-likeness (QED) is 0.112. The molecule has 2 aromatic rings. The third-order valence-corrected chi connectivity index (χ3v) is 9.74. The summed E-state index contributed by atoms with van der Waals surface area (Å²) in [5, 5.41) is 2.25. The first-order chi connectivity index (χ1) is 21.6. The van der Waals surface area contributed by atoms with Crippen molar-refractivity contribution < 1.29 is 13.2 Å². The van der Waals surface area contributed by atoms with Gasteiger partial charge in [0.2, 0.25) is 10.0 Å². The van der Waals surface area contributed by atoms with Crippen LogP contribution in [0.4, 0.5) is 17.1 Å². The number of carbonyl (C=O) groups is 1. The number of terminal acetylenes is 1. The van der Waals surface area contributed by atoms with Crippen LogP contribution < -0.4 is 15.2 Å². The van der Waals surface area contributed by atoms with Crippen LogP contribution in [0, 0.1) is 12.8 Å². The zero-order chi connectivity index (χ0) is 33.2. The fourth-order valence-corrected chi connectivity index (χ4v) is 7.29. The van der Waals surface area contributed by atoms with Crippen LogP contribution in [0.5, 0.6) is 0 Å². The zero-order valence-corrected chi connectivity index (χ0v) is 29.7. The van der Waals surface area contributed by atoms with Gasteiger partial charge < -0.3 is 0 Å². The van der Waals surface area contributed by atoms with Crippen molar-refractivity contribution in [2.75, 3.05) is 15.5 Å². The number of aliphatic imine (C=N–C) groups is 1. The first kappa shape index (κ1) is 39.0. The third kappa shape index (κ3) is 14.0. The summed E-state index contributed by atoms with van der Waals surface area (Å²) in [5.41, 5.74) is 3.81. The van der Waals surface area contributed by atoms with Gasteiger partial charge in [-0.1, -0.05) is 137 Å². The van der Waals surface area contributed by atoms with Crippen LogP contribution in [0.2, 0.25) is 20.1 Å². The molecule has 3 rings (SSSR count). The highest BCUT2D eigenvalue weighted by Crippen LogP contribution is 2.37. The number of hydrazine groups is 1. The van der Waals surface area contributed by atoms with Crippen LogP contribution in [-0.2, 0) is 14.8 Å². The second-order valence-electron chi connectivity index (χ2n) is 11.0. The van der Waals surface area contributed by atoms with E-state index >= 15 is 0 Å². The molecule has 0 aromatic heterocycles. The zero-order valence-electron chi connectivity index (χ0n) is 25.9. The van der Waals surface area contributed by atoms with Crippen LogP contribution in [-0.4, -0.2) is 25.9 Å². The highest BCUT2D eigenvalue weighted by Gasteiger charge is 2.30. The number of hydrogen-bond donors (Lipinski definition) is 2. The molecule has 2 N–H and O–H groups in total. The van der Waals surface area contributed by atoms with Crippen molar-refractivity contribution in [3.63, 3.8) is 0 Å². The van der Waals surface area contributed by atoms with Gasteiger partial charge in [-0.25, -0.2) is 18.4 Å². The van der Waals surface area contributed by atoms with E-state index in [1.54, 1.807) is 12.1 Å². The summed E-state index contributed by atoms with van der Waals surface area (Å²) in [6, 6.07) is 7.66. The molecule has 45 heavy (non-hydrogen) atoms. The molecule has 1 aliphatic heterocycles. The van der Waals surface area contributed by atoms with E-state index in [-0.39, 0.29) is 33.8 Å². The van der Waals surface area contributed by atoms with Crippen molar-refractivity contribution in [3.8, 4) is 12.8 Å². The number of nitrogens with zero attached hydrogens (tertiary/aromatic N) is 2. The number of sulfonamides is 1. The van der Waals surface area contributed by atoms with Crippen molar-refractivity contribution in [2.24, 2.45) is 4.99 Å². The lowest BCUT2D eigenvalue weighted by atomic mass is 10.0. The number of hydrogen-bond acceptors (Lipinski definition) is 4. The molecule has 1 aliphatic rings. The Balaban J connectivity index is 0.00000345. The predicted octanol–water partition coefficient (Wildman–Crippen LogP) is 10.7. The Hall–Kier alpha value is -2.15. The minimum atomic E-state index is -3.53. The lowest BCUT2D eigenvalue weighted by Gasteiger charge is -2.19. The summed E-state index contributed by atoms with van der Waals surface area (Å²) >= 11 is 24.9. The van der Waals surface area contributed by atoms with E-state index in [2.05, 4.69) is 34.9 Å². The molecule has 2 aromatic carbocycles. The summed E-state index contributed by atoms with van der Waals surface area (Å²) in [6.07, 6.45) is 24.9. The second kappa shape index (κ2) is 20.9. The summed E-state index contributed by atoms with van der Waals surface area (Å²) in [4.78, 5) is 17.1. The van der Waals surface area contributed by atoms with E-state index in [0.717, 1.165) is 19.3 Å². The Labute approximate surface area is 289 Å². The summed E-state index contributed by atoms with van der Waals surface area (Å²) < 4.78 is 28.0. The van der Waals surface area contributed by atoms with Gasteiger partial charge in [0.15, 0.2) is 0 Å². The molecule has 0 spiro atoms. The van der Waals surface area contributed by atoms with Crippen LogP contribution in [0.3, 0.4) is 0 Å². The second-order valence-corrected chi connectivity index (χ2v) is 14.5. The molecule has 248 valence electrons. The number of unbranched alkanes of at least 4 members (excludes halogenated alkanes) is 13. The molecular weight excluding hydrogens is 674 g/mol. The summed E-state index contributed by atoms with van der Waals surface area (Å²) in [7, 11) is -3.53. The number of anilines is 2. The average molecular weight is 719 g/mol. The number of nitrogens with one attached hydrogen (secondary N) is 2. The van der Waals surface area contributed by atoms with Crippen LogP contribution in [0.1, 0.15) is 103 Å². The maximum Gasteiger partial charge on any atom is 0.253 e. The van der Waals surface area contributed by atoms with Crippen LogP contribution >= 0.6 is 46.4 Å². The molecule has 0 radical (unpaired) electrons. The van der Waals surface area contributed by atoms with Gasteiger partial charge in [0, 0.05) is 5.02 Å². The first-order valence-corrected chi connectivity index (χ1v) is 18.7. The van der Waals surface area contributed by atoms with Crippen LogP contribution in [0.15, 0.2) is 35.3 Å². The van der Waals surface area contributed by atoms with Crippen LogP contribution in [0.25, 0.3) is 0 Å². The molecule has 0 unspecified atom stereocenters. The van der Waals surface area contributed by atoms with E-state index < -0.39 is 10.0 Å². The molecule has 0 atom stereocenters. The standard InChI is InChI=1S/C31H42Cl4N4O3S.C2H2/c1-2-3-4-5-6-7-8-9-10-11-12-13-14-15-18-43(41,42)38-24-16-17-25(33)28(21-24)36-29-22-30(40)39(37-29)31-26(34)19-23(32)20-27(31)35;1-2/h16-17,19-21,38H,2-15,18,22H2,1H3,(H,36,37);1-2H. The molecule has 1 fully saturated rings. The van der Waals surface area contributed by atoms with Crippen molar-refractivity contribution in [2.45, 2.75) is 103 Å². The Bertz CT molecular complexity index is 1380. The van der Waals surface area contributed by atoms with Gasteiger partial charge in [0.1, 0.15) is 11.5 Å². The molecule has 1 amide bonds. The van der Waals surface area contributed by atoms with Crippen molar-refractivity contribution in [3.05, 3.63) is 50.4 Å². The van der Waals surface area contributed by atoms with Gasteiger partial charge in [0.05, 0.1) is 38.6 Å². The highest BCUT2D eigenvalue weighted by molar-refractivity contribution is 7.92. The summed E-state index contributed by atoms with van der Waals surface area (Å²) in [5.74, 6) is 0.0212. The Kier molecular flexibility index (Phi) is 18.1. The third-order valence-electron chi connectivity index (χ3n) is 7.26. The van der Waals surface area contributed by atoms with Gasteiger partial charge in [-0.2, -0.15) is 0 Å². The number of carbonyl (C=O) groups excluding carboxylic acids is 1. The monoisotopic (exact) mass is 716 g/mol. The normalized spacial score (nSPS) is 13.9. The Morgan fingerprint density at radius 1 is 0.800 bits per heavy atom. The van der Waals surface area contributed by atoms with E-state index in [0.29, 0.717) is 33.7 Å². The predicted molar refractivity (Wildman–Crippen MR) is 193 cm³/mol. The van der Waals surface area contributed by atoms with Gasteiger partial charge in [-0.15, -0.1) is 12.8 Å². The fourth-order valence-electron chi connectivity index (χ4n) is 4.97. The number of amides is 1. The Morgan fingerprint density at radius 3 is 1.84 bits per heavy atom. The van der Waals surface area contributed by atoms with E-state index in [1.807, 2.05) is 0 Å². The molecule has 12 heteroatoms. The average Bonchev–Trinajstić information content (AvgIpc) is 3.34. The van der Waals surface area contributed by atoms with Gasteiger partial charge in [-0.3, -0.25) is 14.9 Å². The lowest BCUT2D eigenvalue weighted by molar-refractivity contribution is -0.116. The van der Waals surface area contributed by atoms with Gasteiger partial charge in [0.25, 0.3) is 5.91 Å². The molecule has 0 saturated carbocycles.